The van der Waals surface area contributed by atoms with E-state index in [0.29, 0.717) is 11.7 Å². The predicted molar refractivity (Wildman–Crippen MR) is 73.1 cm³/mol. The van der Waals surface area contributed by atoms with E-state index in [0.717, 1.165) is 36.9 Å². The normalized spacial score (nSPS) is 27.9. The molecular weight excluding hydrogens is 297 g/mol. The van der Waals surface area contributed by atoms with Gasteiger partial charge in [0.2, 0.25) is 5.91 Å². The second-order valence-corrected chi connectivity index (χ2v) is 6.15. The van der Waals surface area contributed by atoms with E-state index in [1.807, 2.05) is 0 Å². The van der Waals surface area contributed by atoms with E-state index in [2.05, 4.69) is 15.7 Å². The Balaban J connectivity index is 1.58. The van der Waals surface area contributed by atoms with Gasteiger partial charge in [-0.1, -0.05) is 0 Å². The van der Waals surface area contributed by atoms with Crippen LogP contribution in [-0.2, 0) is 17.8 Å². The van der Waals surface area contributed by atoms with Gasteiger partial charge in [-0.15, -0.1) is 0 Å². The third-order valence-electron chi connectivity index (χ3n) is 4.51. The first kappa shape index (κ1) is 15.3. The quantitative estimate of drug-likeness (QED) is 0.882. The Labute approximate surface area is 126 Å². The zero-order chi connectivity index (χ0) is 15.8. The van der Waals surface area contributed by atoms with E-state index < -0.39 is 12.7 Å². The van der Waals surface area contributed by atoms with Gasteiger partial charge in [-0.05, 0) is 38.3 Å². The molecule has 1 aliphatic carbocycles. The molecule has 2 heterocycles. The number of alkyl halides is 3. The van der Waals surface area contributed by atoms with Crippen LogP contribution in [0.3, 0.4) is 0 Å². The summed E-state index contributed by atoms with van der Waals surface area (Å²) in [5, 5.41) is 10.3. The van der Waals surface area contributed by atoms with Crippen LogP contribution in [0.15, 0.2) is 12.3 Å². The van der Waals surface area contributed by atoms with Crippen LogP contribution < -0.4 is 10.6 Å². The SMILES string of the molecule is O=C(Cc1ccn(CC(F)(F)F)n1)NC12CCCC1NCC2. The Morgan fingerprint density at radius 3 is 3.09 bits per heavy atom. The summed E-state index contributed by atoms with van der Waals surface area (Å²) in [6.45, 7) is -0.240. The monoisotopic (exact) mass is 316 g/mol. The smallest absolute Gasteiger partial charge is 0.349 e. The minimum atomic E-state index is -4.31. The minimum Gasteiger partial charge on any atom is -0.349 e. The average molecular weight is 316 g/mol. The molecule has 1 saturated heterocycles. The van der Waals surface area contributed by atoms with Gasteiger partial charge in [-0.2, -0.15) is 18.3 Å². The number of rotatable bonds is 4. The summed E-state index contributed by atoms with van der Waals surface area (Å²) >= 11 is 0. The van der Waals surface area contributed by atoms with E-state index in [4.69, 9.17) is 0 Å². The van der Waals surface area contributed by atoms with Gasteiger partial charge in [0.15, 0.2) is 0 Å². The number of aromatic nitrogens is 2. The molecule has 2 fully saturated rings. The molecule has 1 aromatic rings. The van der Waals surface area contributed by atoms with Gasteiger partial charge in [0, 0.05) is 12.2 Å². The summed E-state index contributed by atoms with van der Waals surface area (Å²) in [5.74, 6) is -0.173. The maximum Gasteiger partial charge on any atom is 0.408 e. The minimum absolute atomic E-state index is 0.0132. The first-order valence-corrected chi connectivity index (χ1v) is 7.50. The van der Waals surface area contributed by atoms with Gasteiger partial charge in [0.25, 0.3) is 0 Å². The second-order valence-electron chi connectivity index (χ2n) is 6.15. The molecule has 8 heteroatoms. The van der Waals surface area contributed by atoms with Gasteiger partial charge >= 0.3 is 6.18 Å². The summed E-state index contributed by atoms with van der Waals surface area (Å²) < 4.78 is 37.7. The van der Waals surface area contributed by atoms with E-state index in [1.54, 1.807) is 0 Å². The summed E-state index contributed by atoms with van der Waals surface area (Å²) in [6.07, 6.45) is 0.962. The van der Waals surface area contributed by atoms with Crippen LogP contribution in [0.2, 0.25) is 0 Å². The van der Waals surface area contributed by atoms with E-state index >= 15 is 0 Å². The summed E-state index contributed by atoms with van der Waals surface area (Å²) in [6, 6.07) is 1.78. The topological polar surface area (TPSA) is 59.0 Å². The lowest BCUT2D eigenvalue weighted by Gasteiger charge is -2.30. The summed E-state index contributed by atoms with van der Waals surface area (Å²) in [5.41, 5.74) is 0.185. The fraction of sp³-hybridized carbons (Fsp3) is 0.714. The van der Waals surface area contributed by atoms with Crippen LogP contribution in [0.25, 0.3) is 0 Å². The molecule has 2 atom stereocenters. The van der Waals surface area contributed by atoms with Gasteiger partial charge < -0.3 is 10.6 Å². The van der Waals surface area contributed by atoms with Crippen LogP contribution in [0.1, 0.15) is 31.4 Å². The van der Waals surface area contributed by atoms with Crippen molar-refractivity contribution in [3.8, 4) is 0 Å². The molecular formula is C14H19F3N4O. The Kier molecular flexibility index (Phi) is 3.88. The average Bonchev–Trinajstić information content (AvgIpc) is 3.02. The third kappa shape index (κ3) is 3.26. The molecule has 2 N–H and O–H groups in total. The first-order valence-electron chi connectivity index (χ1n) is 7.50. The second kappa shape index (κ2) is 5.57. The van der Waals surface area contributed by atoms with Crippen LogP contribution in [0, 0.1) is 0 Å². The van der Waals surface area contributed by atoms with E-state index in [-0.39, 0.29) is 17.9 Å². The van der Waals surface area contributed by atoms with Crippen molar-refractivity contribution in [1.82, 2.24) is 20.4 Å². The lowest BCUT2D eigenvalue weighted by molar-refractivity contribution is -0.142. The zero-order valence-corrected chi connectivity index (χ0v) is 12.1. The third-order valence-corrected chi connectivity index (χ3v) is 4.51. The largest absolute Gasteiger partial charge is 0.408 e. The van der Waals surface area contributed by atoms with Crippen molar-refractivity contribution in [2.45, 2.75) is 56.4 Å². The molecule has 3 rings (SSSR count). The molecule has 122 valence electrons. The van der Waals surface area contributed by atoms with Crippen molar-refractivity contribution in [2.75, 3.05) is 6.54 Å². The van der Waals surface area contributed by atoms with Gasteiger partial charge in [-0.25, -0.2) is 0 Å². The molecule has 22 heavy (non-hydrogen) atoms. The highest BCUT2D eigenvalue weighted by Crippen LogP contribution is 2.36. The number of hydrogen-bond donors (Lipinski definition) is 2. The van der Waals surface area contributed by atoms with Crippen molar-refractivity contribution in [1.29, 1.82) is 0 Å². The molecule has 0 radical (unpaired) electrons. The Hall–Kier alpha value is -1.57. The number of amides is 1. The Morgan fingerprint density at radius 2 is 2.32 bits per heavy atom. The molecule has 0 bridgehead atoms. The highest BCUT2D eigenvalue weighted by atomic mass is 19.4. The predicted octanol–water partition coefficient (Wildman–Crippen LogP) is 1.39. The lowest BCUT2D eigenvalue weighted by Crippen LogP contribution is -2.53. The van der Waals surface area contributed by atoms with Crippen LogP contribution in [0.5, 0.6) is 0 Å². The van der Waals surface area contributed by atoms with Crippen LogP contribution in [-0.4, -0.2) is 40.0 Å². The zero-order valence-electron chi connectivity index (χ0n) is 12.1. The molecule has 2 aliphatic rings. The number of hydrogen-bond acceptors (Lipinski definition) is 3. The molecule has 5 nitrogen and oxygen atoms in total. The molecule has 1 amide bonds. The number of nitrogens with zero attached hydrogens (tertiary/aromatic N) is 2. The fourth-order valence-corrected chi connectivity index (χ4v) is 3.61. The van der Waals surface area contributed by atoms with Crippen molar-refractivity contribution in [3.63, 3.8) is 0 Å². The maximum atomic E-state index is 12.3. The van der Waals surface area contributed by atoms with Crippen LogP contribution in [0.4, 0.5) is 13.2 Å². The van der Waals surface area contributed by atoms with Crippen molar-refractivity contribution in [3.05, 3.63) is 18.0 Å². The van der Waals surface area contributed by atoms with Crippen molar-refractivity contribution in [2.24, 2.45) is 0 Å². The molecule has 1 saturated carbocycles. The molecule has 0 spiro atoms. The molecule has 0 aromatic carbocycles. The standard InChI is InChI=1S/C14H19F3N4O/c15-14(16,17)9-21-7-3-10(20-21)8-12(22)19-13-4-1-2-11(13)18-6-5-13/h3,7,11,18H,1-2,4-6,8-9H2,(H,19,22). The van der Waals surface area contributed by atoms with E-state index in [1.165, 1.54) is 12.3 Å². The highest BCUT2D eigenvalue weighted by molar-refractivity contribution is 5.79. The van der Waals surface area contributed by atoms with Crippen LogP contribution >= 0.6 is 0 Å². The number of fused-ring (bicyclic) bond motifs is 1. The number of carbonyl (C=O) groups excluding carboxylic acids is 1. The number of nitrogens with one attached hydrogen (secondary N) is 2. The summed E-state index contributed by atoms with van der Waals surface area (Å²) in [4.78, 5) is 12.2. The molecule has 1 aromatic heterocycles. The van der Waals surface area contributed by atoms with Gasteiger partial charge in [0.05, 0.1) is 17.7 Å². The Morgan fingerprint density at radius 1 is 1.50 bits per heavy atom. The lowest BCUT2D eigenvalue weighted by atomic mass is 9.93. The molecule has 1 aliphatic heterocycles. The van der Waals surface area contributed by atoms with E-state index in [9.17, 15) is 18.0 Å². The maximum absolute atomic E-state index is 12.3. The van der Waals surface area contributed by atoms with Crippen molar-refractivity contribution < 1.29 is 18.0 Å². The van der Waals surface area contributed by atoms with Gasteiger partial charge in [0.1, 0.15) is 6.54 Å². The number of halogens is 3. The number of carbonyl (C=O) groups is 1. The molecule has 2 unspecified atom stereocenters. The van der Waals surface area contributed by atoms with Crippen molar-refractivity contribution >= 4 is 5.91 Å². The fourth-order valence-electron chi connectivity index (χ4n) is 3.61. The van der Waals surface area contributed by atoms with Gasteiger partial charge in [-0.3, -0.25) is 9.48 Å². The summed E-state index contributed by atoms with van der Waals surface area (Å²) in [7, 11) is 0. The Bertz CT molecular complexity index is 545. The highest BCUT2D eigenvalue weighted by Gasteiger charge is 2.46. The first-order chi connectivity index (χ1) is 10.4.